The number of hydrogen-bond acceptors (Lipinski definition) is 3. The highest BCUT2D eigenvalue weighted by molar-refractivity contribution is 5.97. The number of nitrogens with one attached hydrogen (secondary N) is 1. The van der Waals surface area contributed by atoms with E-state index >= 15 is 0 Å². The van der Waals surface area contributed by atoms with Gasteiger partial charge in [-0.2, -0.15) is 0 Å². The minimum Gasteiger partial charge on any atom is -0.488 e. The zero-order chi connectivity index (χ0) is 16.9. The summed E-state index contributed by atoms with van der Waals surface area (Å²) in [6.45, 7) is 0.938. The van der Waals surface area contributed by atoms with Crippen LogP contribution in [0.4, 0.5) is 0 Å². The third-order valence-electron chi connectivity index (χ3n) is 4.05. The number of hydrogen-bond donors (Lipinski definition) is 1. The first-order valence-corrected chi connectivity index (χ1v) is 7.94. The van der Waals surface area contributed by atoms with Gasteiger partial charge in [-0.3, -0.25) is 9.59 Å². The van der Waals surface area contributed by atoms with Crippen LogP contribution in [0.5, 0.6) is 5.75 Å². The Hall–Kier alpha value is -2.82. The molecule has 1 N–H and O–H groups in total. The number of likely N-dealkylation sites (N-methyl/N-ethyl adjacent to an activating group) is 1. The standard InChI is InChI=1S/C19H20N2O3/c1-21-12-15(11-18(21)22)20-19(23)16-9-5-6-10-17(16)24-13-14-7-3-2-4-8-14/h2-10,15H,11-13H2,1H3,(H,20,23). The zero-order valence-electron chi connectivity index (χ0n) is 13.6. The van der Waals surface area contributed by atoms with Crippen LogP contribution in [-0.4, -0.2) is 36.3 Å². The number of amides is 2. The van der Waals surface area contributed by atoms with Crippen molar-refractivity contribution in [1.29, 1.82) is 0 Å². The van der Waals surface area contributed by atoms with Gasteiger partial charge in [-0.05, 0) is 17.7 Å². The van der Waals surface area contributed by atoms with Crippen molar-refractivity contribution in [2.75, 3.05) is 13.6 Å². The molecule has 5 nitrogen and oxygen atoms in total. The Kier molecular flexibility index (Phi) is 4.79. The van der Waals surface area contributed by atoms with Gasteiger partial charge in [-0.15, -0.1) is 0 Å². The van der Waals surface area contributed by atoms with Crippen molar-refractivity contribution in [2.24, 2.45) is 0 Å². The molecule has 3 rings (SSSR count). The van der Waals surface area contributed by atoms with Gasteiger partial charge in [0.2, 0.25) is 5.91 Å². The van der Waals surface area contributed by atoms with Crippen LogP contribution in [-0.2, 0) is 11.4 Å². The van der Waals surface area contributed by atoms with Crippen LogP contribution in [0.25, 0.3) is 0 Å². The SMILES string of the molecule is CN1CC(NC(=O)c2ccccc2OCc2ccccc2)CC1=O. The second-order valence-electron chi connectivity index (χ2n) is 5.92. The van der Waals surface area contributed by atoms with Gasteiger partial charge in [0.25, 0.3) is 5.91 Å². The predicted octanol–water partition coefficient (Wildman–Crippen LogP) is 2.23. The van der Waals surface area contributed by atoms with Gasteiger partial charge in [-0.1, -0.05) is 42.5 Å². The summed E-state index contributed by atoms with van der Waals surface area (Å²) in [7, 11) is 1.74. The monoisotopic (exact) mass is 324 g/mol. The number of benzene rings is 2. The minimum absolute atomic E-state index is 0.0499. The van der Waals surface area contributed by atoms with Crippen LogP contribution in [0, 0.1) is 0 Å². The smallest absolute Gasteiger partial charge is 0.255 e. The number of likely N-dealkylation sites (tertiary alicyclic amines) is 1. The number of rotatable bonds is 5. The third kappa shape index (κ3) is 3.74. The van der Waals surface area contributed by atoms with E-state index in [2.05, 4.69) is 5.32 Å². The summed E-state index contributed by atoms with van der Waals surface area (Å²) < 4.78 is 5.81. The van der Waals surface area contributed by atoms with Crippen LogP contribution in [0.1, 0.15) is 22.3 Å². The maximum Gasteiger partial charge on any atom is 0.255 e. The molecule has 1 aliphatic heterocycles. The summed E-state index contributed by atoms with van der Waals surface area (Å²) in [5, 5.41) is 2.91. The fourth-order valence-corrected chi connectivity index (χ4v) is 2.74. The van der Waals surface area contributed by atoms with Crippen LogP contribution in [0.2, 0.25) is 0 Å². The summed E-state index contributed by atoms with van der Waals surface area (Å²) >= 11 is 0. The molecule has 0 saturated carbocycles. The molecular formula is C19H20N2O3. The molecule has 0 radical (unpaired) electrons. The molecule has 2 aromatic rings. The third-order valence-corrected chi connectivity index (χ3v) is 4.05. The molecule has 1 aliphatic rings. The van der Waals surface area contributed by atoms with Crippen molar-refractivity contribution in [3.63, 3.8) is 0 Å². The van der Waals surface area contributed by atoms with Crippen molar-refractivity contribution < 1.29 is 14.3 Å². The van der Waals surface area contributed by atoms with Crippen LogP contribution in [0.3, 0.4) is 0 Å². The number of nitrogens with zero attached hydrogens (tertiary/aromatic N) is 1. The van der Waals surface area contributed by atoms with Gasteiger partial charge in [0, 0.05) is 20.0 Å². The molecule has 1 fully saturated rings. The Morgan fingerprint density at radius 2 is 1.88 bits per heavy atom. The topological polar surface area (TPSA) is 58.6 Å². The van der Waals surface area contributed by atoms with Gasteiger partial charge in [0.05, 0.1) is 11.6 Å². The molecule has 1 heterocycles. The van der Waals surface area contributed by atoms with E-state index in [1.807, 2.05) is 36.4 Å². The maximum atomic E-state index is 12.5. The van der Waals surface area contributed by atoms with Gasteiger partial charge in [-0.25, -0.2) is 0 Å². The zero-order valence-corrected chi connectivity index (χ0v) is 13.6. The van der Waals surface area contributed by atoms with E-state index in [-0.39, 0.29) is 17.9 Å². The highest BCUT2D eigenvalue weighted by atomic mass is 16.5. The van der Waals surface area contributed by atoms with Crippen LogP contribution < -0.4 is 10.1 Å². The summed E-state index contributed by atoms with van der Waals surface area (Å²) in [5.74, 6) is 0.372. The molecule has 1 unspecified atom stereocenters. The molecule has 0 spiro atoms. The lowest BCUT2D eigenvalue weighted by molar-refractivity contribution is -0.126. The molecule has 124 valence electrons. The number of ether oxygens (including phenoxy) is 1. The predicted molar refractivity (Wildman–Crippen MR) is 90.7 cm³/mol. The van der Waals surface area contributed by atoms with Crippen molar-refractivity contribution >= 4 is 11.8 Å². The van der Waals surface area contributed by atoms with E-state index < -0.39 is 0 Å². The van der Waals surface area contributed by atoms with Crippen molar-refractivity contribution in [3.8, 4) is 5.75 Å². The molecule has 2 aromatic carbocycles. The highest BCUT2D eigenvalue weighted by Gasteiger charge is 2.28. The molecule has 1 atom stereocenters. The van der Waals surface area contributed by atoms with E-state index in [0.717, 1.165) is 5.56 Å². The van der Waals surface area contributed by atoms with E-state index in [4.69, 9.17) is 4.74 Å². The summed E-state index contributed by atoms with van der Waals surface area (Å²) in [6.07, 6.45) is 0.343. The van der Waals surface area contributed by atoms with Gasteiger partial charge >= 0.3 is 0 Å². The lowest BCUT2D eigenvalue weighted by Crippen LogP contribution is -2.36. The molecule has 2 amide bonds. The summed E-state index contributed by atoms with van der Waals surface area (Å²) in [4.78, 5) is 25.7. The lowest BCUT2D eigenvalue weighted by Gasteiger charge is -2.15. The fraction of sp³-hybridized carbons (Fsp3) is 0.263. The number of para-hydroxylation sites is 1. The quantitative estimate of drug-likeness (QED) is 0.917. The number of carbonyl (C=O) groups is 2. The fourth-order valence-electron chi connectivity index (χ4n) is 2.74. The molecule has 0 bridgehead atoms. The van der Waals surface area contributed by atoms with Crippen molar-refractivity contribution in [2.45, 2.75) is 19.1 Å². The minimum atomic E-state index is -0.216. The van der Waals surface area contributed by atoms with Crippen molar-refractivity contribution in [1.82, 2.24) is 10.2 Å². The second-order valence-corrected chi connectivity index (χ2v) is 5.92. The van der Waals surface area contributed by atoms with Crippen molar-refractivity contribution in [3.05, 3.63) is 65.7 Å². The van der Waals surface area contributed by atoms with Crippen LogP contribution >= 0.6 is 0 Å². The Labute approximate surface area is 141 Å². The molecule has 24 heavy (non-hydrogen) atoms. The summed E-state index contributed by atoms with van der Waals surface area (Å²) in [6, 6.07) is 16.8. The second kappa shape index (κ2) is 7.17. The first-order chi connectivity index (χ1) is 11.6. The molecular weight excluding hydrogens is 304 g/mol. The first kappa shape index (κ1) is 16.1. The Bertz CT molecular complexity index is 730. The Balaban J connectivity index is 1.67. The Morgan fingerprint density at radius 1 is 1.17 bits per heavy atom. The molecule has 0 aromatic heterocycles. The average Bonchev–Trinajstić information content (AvgIpc) is 2.91. The largest absolute Gasteiger partial charge is 0.488 e. The first-order valence-electron chi connectivity index (χ1n) is 7.94. The van der Waals surface area contributed by atoms with E-state index in [9.17, 15) is 9.59 Å². The van der Waals surface area contributed by atoms with E-state index in [0.29, 0.717) is 30.9 Å². The lowest BCUT2D eigenvalue weighted by atomic mass is 10.1. The molecule has 0 aliphatic carbocycles. The van der Waals surface area contributed by atoms with Gasteiger partial charge in [0.15, 0.2) is 0 Å². The summed E-state index contributed by atoms with van der Waals surface area (Å²) in [5.41, 5.74) is 1.52. The maximum absolute atomic E-state index is 12.5. The Morgan fingerprint density at radius 3 is 2.58 bits per heavy atom. The average molecular weight is 324 g/mol. The van der Waals surface area contributed by atoms with E-state index in [1.165, 1.54) is 0 Å². The van der Waals surface area contributed by atoms with E-state index in [1.54, 1.807) is 30.1 Å². The highest BCUT2D eigenvalue weighted by Crippen LogP contribution is 2.20. The normalized spacial score (nSPS) is 17.0. The molecule has 5 heteroatoms. The van der Waals surface area contributed by atoms with Crippen LogP contribution in [0.15, 0.2) is 54.6 Å². The van der Waals surface area contributed by atoms with Gasteiger partial charge in [0.1, 0.15) is 12.4 Å². The molecule has 1 saturated heterocycles. The van der Waals surface area contributed by atoms with Gasteiger partial charge < -0.3 is 15.0 Å². The number of carbonyl (C=O) groups excluding carboxylic acids is 2.